The molecule has 0 bridgehead atoms. The summed E-state index contributed by atoms with van der Waals surface area (Å²) in [6.45, 7) is 1.75. The van der Waals surface area contributed by atoms with Crippen molar-refractivity contribution in [2.24, 2.45) is 0 Å². The van der Waals surface area contributed by atoms with Gasteiger partial charge in [-0.25, -0.2) is 4.79 Å². The van der Waals surface area contributed by atoms with E-state index in [1.165, 1.54) is 18.2 Å². The Kier molecular flexibility index (Phi) is 5.75. The van der Waals surface area contributed by atoms with Crippen LogP contribution >= 0.6 is 0 Å². The molecule has 2 heterocycles. The Balaban J connectivity index is 0.00000225. The predicted octanol–water partition coefficient (Wildman–Crippen LogP) is 3.89. The second kappa shape index (κ2) is 7.62. The fourth-order valence-electron chi connectivity index (χ4n) is 2.25. The van der Waals surface area contributed by atoms with Crippen molar-refractivity contribution in [3.8, 4) is 22.5 Å². The van der Waals surface area contributed by atoms with Crippen molar-refractivity contribution >= 4 is 5.97 Å². The molecule has 3 rings (SSSR count). The summed E-state index contributed by atoms with van der Waals surface area (Å²) in [6, 6.07) is 12.6. The first-order valence-electron chi connectivity index (χ1n) is 7.02. The van der Waals surface area contributed by atoms with Crippen LogP contribution in [-0.2, 0) is 21.1 Å². The predicted molar refractivity (Wildman–Crippen MR) is 83.4 cm³/mol. The molecule has 0 radical (unpaired) electrons. The minimum Gasteiger partial charge on any atom is -0.477 e. The minimum atomic E-state index is -1.24. The Morgan fingerprint density at radius 3 is 2.12 bits per heavy atom. The van der Waals surface area contributed by atoms with Gasteiger partial charge in [0.15, 0.2) is 0 Å². The van der Waals surface area contributed by atoms with Crippen molar-refractivity contribution in [2.75, 3.05) is 0 Å². The number of hydrogen-bond donors (Lipinski definition) is 1. The Morgan fingerprint density at radius 1 is 1.00 bits per heavy atom. The third kappa shape index (κ3) is 3.96. The van der Waals surface area contributed by atoms with Gasteiger partial charge in [0.05, 0.1) is 11.6 Å². The summed E-state index contributed by atoms with van der Waals surface area (Å²) in [5.74, 6) is -2.91. The molecule has 0 unspecified atom stereocenters. The monoisotopic (exact) mass is 520 g/mol. The van der Waals surface area contributed by atoms with Crippen LogP contribution in [0.3, 0.4) is 0 Å². The van der Waals surface area contributed by atoms with Gasteiger partial charge >= 0.3 is 5.97 Å². The first-order valence-corrected chi connectivity index (χ1v) is 7.02. The maximum absolute atomic E-state index is 14.2. The molecule has 0 aliphatic rings. The van der Waals surface area contributed by atoms with Gasteiger partial charge in [-0.2, -0.15) is 0 Å². The molecular formula is C18H11F2N2O2Pt-. The number of rotatable bonds is 3. The van der Waals surface area contributed by atoms with Crippen LogP contribution in [0.4, 0.5) is 8.78 Å². The molecule has 3 aromatic rings. The number of aryl methyl sites for hydroxylation is 1. The van der Waals surface area contributed by atoms with Crippen LogP contribution < -0.4 is 0 Å². The Hall–Kier alpha value is -2.46. The molecule has 7 heteroatoms. The third-order valence-corrected chi connectivity index (χ3v) is 3.35. The molecule has 2 aromatic heterocycles. The molecular weight excluding hydrogens is 509 g/mol. The fourth-order valence-corrected chi connectivity index (χ4v) is 2.25. The van der Waals surface area contributed by atoms with Crippen LogP contribution in [0.15, 0.2) is 42.5 Å². The van der Waals surface area contributed by atoms with Gasteiger partial charge in [-0.1, -0.05) is 41.5 Å². The van der Waals surface area contributed by atoms with E-state index in [0.717, 1.165) is 6.07 Å². The summed E-state index contributed by atoms with van der Waals surface area (Å²) in [7, 11) is 0. The molecule has 4 nitrogen and oxygen atoms in total. The summed E-state index contributed by atoms with van der Waals surface area (Å²) in [6.07, 6.45) is 0. The van der Waals surface area contributed by atoms with E-state index in [1.807, 2.05) is 0 Å². The van der Waals surface area contributed by atoms with E-state index < -0.39 is 17.6 Å². The molecule has 0 amide bonds. The van der Waals surface area contributed by atoms with Gasteiger partial charge < -0.3 is 5.11 Å². The van der Waals surface area contributed by atoms with E-state index in [9.17, 15) is 13.6 Å². The van der Waals surface area contributed by atoms with Crippen LogP contribution in [-0.4, -0.2) is 21.0 Å². The second-order valence-electron chi connectivity index (χ2n) is 5.09. The summed E-state index contributed by atoms with van der Waals surface area (Å²) in [4.78, 5) is 19.1. The van der Waals surface area contributed by atoms with Crippen molar-refractivity contribution in [3.05, 3.63) is 71.6 Å². The van der Waals surface area contributed by atoms with E-state index in [1.54, 1.807) is 25.1 Å². The Labute approximate surface area is 156 Å². The molecule has 130 valence electrons. The van der Waals surface area contributed by atoms with Crippen molar-refractivity contribution < 1.29 is 39.7 Å². The van der Waals surface area contributed by atoms with E-state index in [2.05, 4.69) is 16.0 Å². The van der Waals surface area contributed by atoms with Crippen LogP contribution in [0.2, 0.25) is 0 Å². The SMILES string of the molecule is Cc1cccc(-c2[c-]c(-c3cccc(C(=O)O)n3)c(F)cc2F)n1.[Pt]. The van der Waals surface area contributed by atoms with Crippen molar-refractivity contribution in [1.82, 2.24) is 9.97 Å². The van der Waals surface area contributed by atoms with Crippen molar-refractivity contribution in [1.29, 1.82) is 0 Å². The molecule has 0 aliphatic carbocycles. The van der Waals surface area contributed by atoms with Crippen LogP contribution in [0.5, 0.6) is 0 Å². The number of aromatic carboxylic acids is 1. The van der Waals surface area contributed by atoms with Gasteiger partial charge in [0.2, 0.25) is 0 Å². The molecule has 1 aromatic carbocycles. The molecule has 25 heavy (non-hydrogen) atoms. The smallest absolute Gasteiger partial charge is 0.353 e. The standard InChI is InChI=1S/C18H11F2N2O2.Pt/c1-10-4-2-5-15(21-10)11-8-12(14(20)9-13(11)19)16-6-3-7-17(22-16)18(23)24;/h2-7,9H,1H3,(H,23,24);/q-1;. The minimum absolute atomic E-state index is 0. The number of carboxylic acids is 1. The van der Waals surface area contributed by atoms with Crippen LogP contribution in [0.1, 0.15) is 16.2 Å². The largest absolute Gasteiger partial charge is 0.477 e. The quantitative estimate of drug-likeness (QED) is 0.533. The van der Waals surface area contributed by atoms with Crippen molar-refractivity contribution in [2.45, 2.75) is 6.92 Å². The second-order valence-corrected chi connectivity index (χ2v) is 5.09. The maximum atomic E-state index is 14.2. The number of benzene rings is 1. The average molecular weight is 520 g/mol. The zero-order valence-electron chi connectivity index (χ0n) is 12.9. The van der Waals surface area contributed by atoms with Gasteiger partial charge in [0, 0.05) is 38.1 Å². The number of nitrogens with zero attached hydrogens (tertiary/aromatic N) is 2. The topological polar surface area (TPSA) is 63.1 Å². The number of carboxylic acid groups (broad SMARTS) is 1. The first kappa shape index (κ1) is 18.9. The molecule has 0 spiro atoms. The van der Waals surface area contributed by atoms with E-state index in [4.69, 9.17) is 5.11 Å². The summed E-state index contributed by atoms with van der Waals surface area (Å²) >= 11 is 0. The van der Waals surface area contributed by atoms with E-state index >= 15 is 0 Å². The summed E-state index contributed by atoms with van der Waals surface area (Å²) in [5.41, 5.74) is 0.692. The first-order chi connectivity index (χ1) is 11.5. The number of aromatic nitrogens is 2. The van der Waals surface area contributed by atoms with Gasteiger partial charge in [-0.15, -0.1) is 6.07 Å². The van der Waals surface area contributed by atoms with Gasteiger partial charge in [0.1, 0.15) is 5.69 Å². The Bertz CT molecular complexity index is 948. The van der Waals surface area contributed by atoms with Crippen molar-refractivity contribution in [3.63, 3.8) is 0 Å². The molecule has 0 saturated heterocycles. The van der Waals surface area contributed by atoms with E-state index in [-0.39, 0.29) is 43.6 Å². The summed E-state index contributed by atoms with van der Waals surface area (Å²) in [5, 5.41) is 9.00. The zero-order valence-corrected chi connectivity index (χ0v) is 15.1. The summed E-state index contributed by atoms with van der Waals surface area (Å²) < 4.78 is 28.3. The van der Waals surface area contributed by atoms with Gasteiger partial charge in [-0.3, -0.25) is 18.7 Å². The average Bonchev–Trinajstić information content (AvgIpc) is 2.55. The zero-order chi connectivity index (χ0) is 17.3. The normalized spacial score (nSPS) is 10.2. The molecule has 1 N–H and O–H groups in total. The van der Waals surface area contributed by atoms with Gasteiger partial charge in [-0.05, 0) is 19.1 Å². The maximum Gasteiger partial charge on any atom is 0.353 e. The number of halogens is 2. The van der Waals surface area contributed by atoms with E-state index in [0.29, 0.717) is 11.4 Å². The van der Waals surface area contributed by atoms with Gasteiger partial charge in [0.25, 0.3) is 0 Å². The van der Waals surface area contributed by atoms with Crippen LogP contribution in [0.25, 0.3) is 22.5 Å². The molecule has 0 aliphatic heterocycles. The fraction of sp³-hybridized carbons (Fsp3) is 0.0556. The molecule has 0 fully saturated rings. The molecule has 0 saturated carbocycles. The number of carbonyl (C=O) groups is 1. The Morgan fingerprint density at radius 2 is 1.56 bits per heavy atom. The number of hydrogen-bond acceptors (Lipinski definition) is 3. The third-order valence-electron chi connectivity index (χ3n) is 3.35. The van der Waals surface area contributed by atoms with Crippen LogP contribution in [0, 0.1) is 24.6 Å². The molecule has 0 atom stereocenters. The number of pyridine rings is 2.